The van der Waals surface area contributed by atoms with Gasteiger partial charge in [0.1, 0.15) is 0 Å². The van der Waals surface area contributed by atoms with Gasteiger partial charge in [0, 0.05) is 29.2 Å². The van der Waals surface area contributed by atoms with Crippen LogP contribution in [0.5, 0.6) is 0 Å². The van der Waals surface area contributed by atoms with Crippen molar-refractivity contribution in [3.8, 4) is 11.3 Å². The Hall–Kier alpha value is -1.45. The molecule has 1 aromatic carbocycles. The van der Waals surface area contributed by atoms with E-state index >= 15 is 0 Å². The second-order valence-electron chi connectivity index (χ2n) is 4.88. The summed E-state index contributed by atoms with van der Waals surface area (Å²) in [5.74, 6) is 0.473. The predicted octanol–water partition coefficient (Wildman–Crippen LogP) is 3.26. The van der Waals surface area contributed by atoms with Gasteiger partial charge in [0.2, 0.25) is 0 Å². The number of rotatable bonds is 2. The van der Waals surface area contributed by atoms with Gasteiger partial charge in [-0.15, -0.1) is 0 Å². The molecule has 0 saturated carbocycles. The molecule has 1 saturated heterocycles. The fourth-order valence-corrected chi connectivity index (χ4v) is 2.66. The highest BCUT2D eigenvalue weighted by atomic mass is 35.5. The second-order valence-corrected chi connectivity index (χ2v) is 5.32. The first-order valence-corrected chi connectivity index (χ1v) is 6.99. The SMILES string of the molecule is Clc1cccc(-c2cncc([C@H]3CCCNC3)n2)c1. The molecule has 0 spiro atoms. The number of halogens is 1. The molecule has 1 atom stereocenters. The minimum atomic E-state index is 0.473. The summed E-state index contributed by atoms with van der Waals surface area (Å²) >= 11 is 6.03. The summed E-state index contributed by atoms with van der Waals surface area (Å²) in [5, 5.41) is 4.14. The van der Waals surface area contributed by atoms with Crippen molar-refractivity contribution in [2.75, 3.05) is 13.1 Å². The van der Waals surface area contributed by atoms with Crippen LogP contribution in [-0.4, -0.2) is 23.1 Å². The summed E-state index contributed by atoms with van der Waals surface area (Å²) in [4.78, 5) is 9.08. The Kier molecular flexibility index (Phi) is 3.76. The Balaban J connectivity index is 1.91. The van der Waals surface area contributed by atoms with Crippen molar-refractivity contribution in [3.05, 3.63) is 47.4 Å². The first kappa shape index (κ1) is 12.6. The third kappa shape index (κ3) is 2.94. The maximum atomic E-state index is 6.03. The Morgan fingerprint density at radius 1 is 1.26 bits per heavy atom. The first-order valence-electron chi connectivity index (χ1n) is 6.61. The molecule has 2 heterocycles. The monoisotopic (exact) mass is 273 g/mol. The molecule has 1 aliphatic heterocycles. The van der Waals surface area contributed by atoms with E-state index in [4.69, 9.17) is 16.6 Å². The van der Waals surface area contributed by atoms with Crippen molar-refractivity contribution in [1.29, 1.82) is 0 Å². The molecule has 2 aromatic rings. The lowest BCUT2D eigenvalue weighted by atomic mass is 9.96. The quantitative estimate of drug-likeness (QED) is 0.913. The average Bonchev–Trinajstić information content (AvgIpc) is 2.48. The number of piperidine rings is 1. The number of aromatic nitrogens is 2. The first-order chi connectivity index (χ1) is 9.33. The van der Waals surface area contributed by atoms with Gasteiger partial charge in [-0.3, -0.25) is 4.98 Å². The smallest absolute Gasteiger partial charge is 0.0889 e. The van der Waals surface area contributed by atoms with E-state index in [0.29, 0.717) is 5.92 Å². The third-order valence-corrected chi connectivity index (χ3v) is 3.72. The molecule has 0 aliphatic carbocycles. The lowest BCUT2D eigenvalue weighted by Gasteiger charge is -2.22. The molecular weight excluding hydrogens is 258 g/mol. The molecule has 3 nitrogen and oxygen atoms in total. The van der Waals surface area contributed by atoms with Crippen molar-refractivity contribution in [1.82, 2.24) is 15.3 Å². The van der Waals surface area contributed by atoms with Gasteiger partial charge in [-0.1, -0.05) is 23.7 Å². The zero-order valence-electron chi connectivity index (χ0n) is 10.6. The molecule has 0 amide bonds. The van der Waals surface area contributed by atoms with Crippen LogP contribution in [0.1, 0.15) is 24.5 Å². The summed E-state index contributed by atoms with van der Waals surface area (Å²) in [5.41, 5.74) is 2.99. The van der Waals surface area contributed by atoms with Gasteiger partial charge >= 0.3 is 0 Å². The lowest BCUT2D eigenvalue weighted by Crippen LogP contribution is -2.28. The highest BCUT2D eigenvalue weighted by Gasteiger charge is 2.17. The maximum absolute atomic E-state index is 6.03. The van der Waals surface area contributed by atoms with Gasteiger partial charge in [-0.25, -0.2) is 4.98 Å². The minimum Gasteiger partial charge on any atom is -0.316 e. The zero-order valence-corrected chi connectivity index (χ0v) is 11.4. The highest BCUT2D eigenvalue weighted by molar-refractivity contribution is 6.30. The Labute approximate surface area is 118 Å². The van der Waals surface area contributed by atoms with Crippen molar-refractivity contribution >= 4 is 11.6 Å². The van der Waals surface area contributed by atoms with Gasteiger partial charge in [-0.05, 0) is 31.5 Å². The topological polar surface area (TPSA) is 37.8 Å². The maximum Gasteiger partial charge on any atom is 0.0889 e. The molecule has 4 heteroatoms. The van der Waals surface area contributed by atoms with Crippen LogP contribution in [0.15, 0.2) is 36.7 Å². The number of hydrogen-bond acceptors (Lipinski definition) is 3. The molecule has 3 rings (SSSR count). The molecule has 0 unspecified atom stereocenters. The van der Waals surface area contributed by atoms with Gasteiger partial charge in [0.15, 0.2) is 0 Å². The van der Waals surface area contributed by atoms with E-state index in [9.17, 15) is 0 Å². The highest BCUT2D eigenvalue weighted by Crippen LogP contribution is 2.25. The van der Waals surface area contributed by atoms with E-state index in [0.717, 1.165) is 35.1 Å². The van der Waals surface area contributed by atoms with Crippen LogP contribution in [-0.2, 0) is 0 Å². The molecule has 1 aliphatic rings. The van der Waals surface area contributed by atoms with Crippen molar-refractivity contribution in [3.63, 3.8) is 0 Å². The standard InChI is InChI=1S/C15H16ClN3/c16-13-5-1-3-11(7-13)14-9-18-10-15(19-14)12-4-2-6-17-8-12/h1,3,5,7,9-10,12,17H,2,4,6,8H2/t12-/m0/s1. The van der Waals surface area contributed by atoms with E-state index in [1.807, 2.05) is 30.5 Å². The molecule has 1 fully saturated rings. The van der Waals surface area contributed by atoms with Crippen molar-refractivity contribution in [2.45, 2.75) is 18.8 Å². The van der Waals surface area contributed by atoms with Crippen LogP contribution in [0, 0.1) is 0 Å². The number of nitrogens with zero attached hydrogens (tertiary/aromatic N) is 2. The molecule has 1 aromatic heterocycles. The van der Waals surface area contributed by atoms with Crippen molar-refractivity contribution < 1.29 is 0 Å². The van der Waals surface area contributed by atoms with Gasteiger partial charge in [-0.2, -0.15) is 0 Å². The number of nitrogens with one attached hydrogen (secondary N) is 1. The molecule has 98 valence electrons. The molecule has 1 N–H and O–H groups in total. The van der Waals surface area contributed by atoms with E-state index in [1.165, 1.54) is 12.8 Å². The summed E-state index contributed by atoms with van der Waals surface area (Å²) in [6.07, 6.45) is 6.06. The fourth-order valence-electron chi connectivity index (χ4n) is 2.47. The number of hydrogen-bond donors (Lipinski definition) is 1. The van der Waals surface area contributed by atoms with E-state index < -0.39 is 0 Å². The summed E-state index contributed by atoms with van der Waals surface area (Å²) in [6, 6.07) is 7.74. The average molecular weight is 274 g/mol. The Bertz CT molecular complexity index is 565. The van der Waals surface area contributed by atoms with E-state index in [2.05, 4.69) is 10.3 Å². The van der Waals surface area contributed by atoms with Gasteiger partial charge in [0.05, 0.1) is 17.6 Å². The van der Waals surface area contributed by atoms with Gasteiger partial charge in [0.25, 0.3) is 0 Å². The lowest BCUT2D eigenvalue weighted by molar-refractivity contribution is 0.454. The summed E-state index contributed by atoms with van der Waals surface area (Å²) in [7, 11) is 0. The molecule has 0 radical (unpaired) electrons. The molecule has 0 bridgehead atoms. The largest absolute Gasteiger partial charge is 0.316 e. The summed E-state index contributed by atoms with van der Waals surface area (Å²) < 4.78 is 0. The molecule has 19 heavy (non-hydrogen) atoms. The zero-order chi connectivity index (χ0) is 13.1. The van der Waals surface area contributed by atoms with Crippen LogP contribution < -0.4 is 5.32 Å². The van der Waals surface area contributed by atoms with Crippen LogP contribution in [0.4, 0.5) is 0 Å². The van der Waals surface area contributed by atoms with Crippen LogP contribution in [0.3, 0.4) is 0 Å². The third-order valence-electron chi connectivity index (χ3n) is 3.49. The molecular formula is C15H16ClN3. The fraction of sp³-hybridized carbons (Fsp3) is 0.333. The van der Waals surface area contributed by atoms with Crippen molar-refractivity contribution in [2.24, 2.45) is 0 Å². The van der Waals surface area contributed by atoms with Crippen LogP contribution >= 0.6 is 11.6 Å². The minimum absolute atomic E-state index is 0.473. The van der Waals surface area contributed by atoms with E-state index in [-0.39, 0.29) is 0 Å². The Morgan fingerprint density at radius 3 is 3.00 bits per heavy atom. The van der Waals surface area contributed by atoms with Gasteiger partial charge < -0.3 is 5.32 Å². The Morgan fingerprint density at radius 2 is 2.21 bits per heavy atom. The number of benzene rings is 1. The predicted molar refractivity (Wildman–Crippen MR) is 77.3 cm³/mol. The van der Waals surface area contributed by atoms with Crippen LogP contribution in [0.25, 0.3) is 11.3 Å². The summed E-state index contributed by atoms with van der Waals surface area (Å²) in [6.45, 7) is 2.10. The second kappa shape index (κ2) is 5.68. The van der Waals surface area contributed by atoms with E-state index in [1.54, 1.807) is 6.20 Å². The normalized spacial score (nSPS) is 19.3. The van der Waals surface area contributed by atoms with Crippen LogP contribution in [0.2, 0.25) is 5.02 Å².